The number of aromatic amines is 1. The summed E-state index contributed by atoms with van der Waals surface area (Å²) in [5.41, 5.74) is 4.40. The second-order valence-corrected chi connectivity index (χ2v) is 6.86. The highest BCUT2D eigenvalue weighted by Gasteiger charge is 2.29. The van der Waals surface area contributed by atoms with Crippen molar-refractivity contribution in [2.75, 3.05) is 27.3 Å². The van der Waals surface area contributed by atoms with Gasteiger partial charge in [0, 0.05) is 58.1 Å². The minimum Gasteiger partial charge on any atom is -0.370 e. The molecule has 1 amide bonds. The molecule has 0 bridgehead atoms. The van der Waals surface area contributed by atoms with Gasteiger partial charge in [-0.2, -0.15) is 5.10 Å². The van der Waals surface area contributed by atoms with E-state index in [2.05, 4.69) is 30.7 Å². The molecule has 3 rings (SSSR count). The summed E-state index contributed by atoms with van der Waals surface area (Å²) < 4.78 is 7.78. The molecule has 1 N–H and O–H groups in total. The van der Waals surface area contributed by atoms with Gasteiger partial charge in [-0.1, -0.05) is 0 Å². The van der Waals surface area contributed by atoms with Gasteiger partial charge in [0.2, 0.25) is 5.91 Å². The Morgan fingerprint density at radius 3 is 2.96 bits per heavy atom. The summed E-state index contributed by atoms with van der Waals surface area (Å²) >= 11 is 0. The summed E-state index contributed by atoms with van der Waals surface area (Å²) in [6.07, 6.45) is 2.71. The molecule has 2 aromatic rings. The fourth-order valence-electron chi connectivity index (χ4n) is 3.10. The number of carbonyl (C=O) groups excluding carboxylic acids is 1. The van der Waals surface area contributed by atoms with E-state index in [1.54, 1.807) is 19.0 Å². The molecular formula is C17H26N6O2. The Labute approximate surface area is 147 Å². The van der Waals surface area contributed by atoms with Crippen LogP contribution < -0.4 is 0 Å². The van der Waals surface area contributed by atoms with Crippen LogP contribution in [0.4, 0.5) is 0 Å². The van der Waals surface area contributed by atoms with E-state index in [1.807, 2.05) is 20.3 Å². The van der Waals surface area contributed by atoms with E-state index in [1.165, 1.54) is 5.69 Å². The largest absolute Gasteiger partial charge is 0.370 e. The number of aryl methyl sites for hydroxylation is 2. The van der Waals surface area contributed by atoms with Gasteiger partial charge in [0.15, 0.2) is 0 Å². The monoisotopic (exact) mass is 346 g/mol. The van der Waals surface area contributed by atoms with Gasteiger partial charge in [0.25, 0.3) is 0 Å². The van der Waals surface area contributed by atoms with Crippen LogP contribution in [0.25, 0.3) is 0 Å². The fraction of sp³-hybridized carbons (Fsp3) is 0.588. The third-order valence-electron chi connectivity index (χ3n) is 4.60. The quantitative estimate of drug-likeness (QED) is 0.823. The van der Waals surface area contributed by atoms with Gasteiger partial charge < -0.3 is 14.2 Å². The number of aromatic nitrogens is 4. The second kappa shape index (κ2) is 7.37. The maximum atomic E-state index is 11.7. The van der Waals surface area contributed by atoms with Crippen molar-refractivity contribution in [3.05, 3.63) is 35.2 Å². The number of ether oxygens (including phenoxy) is 1. The lowest BCUT2D eigenvalue weighted by Crippen LogP contribution is -2.44. The Morgan fingerprint density at radius 1 is 1.48 bits per heavy atom. The molecule has 1 aliphatic heterocycles. The highest BCUT2D eigenvalue weighted by atomic mass is 16.5. The average Bonchev–Trinajstić information content (AvgIpc) is 3.13. The number of fused-ring (bicyclic) bond motifs is 1. The zero-order chi connectivity index (χ0) is 18.0. The normalized spacial score (nSPS) is 17.5. The Hall–Kier alpha value is -2.19. The third-order valence-corrected chi connectivity index (χ3v) is 4.60. The predicted octanol–water partition coefficient (Wildman–Crippen LogP) is 0.483. The number of amides is 1. The zero-order valence-electron chi connectivity index (χ0n) is 15.3. The smallest absolute Gasteiger partial charge is 0.248 e. The fourth-order valence-corrected chi connectivity index (χ4v) is 3.10. The van der Waals surface area contributed by atoms with Crippen molar-refractivity contribution in [2.45, 2.75) is 32.5 Å². The summed E-state index contributed by atoms with van der Waals surface area (Å²) in [6.45, 7) is 4.11. The van der Waals surface area contributed by atoms with Gasteiger partial charge in [-0.25, -0.2) is 4.98 Å². The van der Waals surface area contributed by atoms with Crippen LogP contribution in [0.1, 0.15) is 22.8 Å². The average molecular weight is 346 g/mol. The molecule has 0 unspecified atom stereocenters. The third kappa shape index (κ3) is 4.08. The van der Waals surface area contributed by atoms with Crippen LogP contribution in [-0.4, -0.2) is 68.8 Å². The van der Waals surface area contributed by atoms with Crippen molar-refractivity contribution >= 4 is 5.91 Å². The Bertz CT molecular complexity index is 735. The summed E-state index contributed by atoms with van der Waals surface area (Å²) in [5, 5.41) is 7.33. The van der Waals surface area contributed by atoms with Gasteiger partial charge >= 0.3 is 0 Å². The lowest BCUT2D eigenvalue weighted by molar-refractivity contribution is -0.134. The summed E-state index contributed by atoms with van der Waals surface area (Å²) in [6, 6.07) is 2.25. The molecule has 0 saturated heterocycles. The summed E-state index contributed by atoms with van der Waals surface area (Å²) in [4.78, 5) is 20.1. The van der Waals surface area contributed by atoms with Gasteiger partial charge in [-0.05, 0) is 13.0 Å². The topological polar surface area (TPSA) is 79.3 Å². The molecule has 1 atom stereocenters. The molecule has 8 heteroatoms. The van der Waals surface area contributed by atoms with E-state index in [0.717, 1.165) is 36.6 Å². The van der Waals surface area contributed by atoms with Crippen LogP contribution in [0.5, 0.6) is 0 Å². The molecule has 2 aromatic heterocycles. The van der Waals surface area contributed by atoms with E-state index < -0.39 is 0 Å². The van der Waals surface area contributed by atoms with Crippen molar-refractivity contribution in [1.82, 2.24) is 29.5 Å². The molecule has 3 heterocycles. The van der Waals surface area contributed by atoms with Crippen molar-refractivity contribution in [3.63, 3.8) is 0 Å². The minimum atomic E-state index is -0.0218. The summed E-state index contributed by atoms with van der Waals surface area (Å²) in [7, 11) is 5.49. The molecule has 0 saturated carbocycles. The van der Waals surface area contributed by atoms with E-state index in [-0.39, 0.29) is 18.6 Å². The lowest BCUT2D eigenvalue weighted by Gasteiger charge is -2.34. The maximum absolute atomic E-state index is 11.7. The first-order valence-electron chi connectivity index (χ1n) is 8.46. The number of nitrogens with one attached hydrogen (secondary N) is 1. The first-order chi connectivity index (χ1) is 11.9. The first kappa shape index (κ1) is 17.6. The lowest BCUT2D eigenvalue weighted by atomic mass is 10.0. The van der Waals surface area contributed by atoms with E-state index >= 15 is 0 Å². The van der Waals surface area contributed by atoms with Crippen LogP contribution in [-0.2, 0) is 36.1 Å². The molecule has 1 aliphatic rings. The molecule has 0 aromatic carbocycles. The van der Waals surface area contributed by atoms with Crippen LogP contribution >= 0.6 is 0 Å². The second-order valence-electron chi connectivity index (χ2n) is 6.86. The number of carbonyl (C=O) groups is 1. The Morgan fingerprint density at radius 2 is 2.28 bits per heavy atom. The first-order valence-corrected chi connectivity index (χ1v) is 8.46. The standard InChI is InChI=1S/C17H26N6O2/c1-12-5-13(20-19-12)7-23-8-15-16(22(4)11-18-15)6-14(23)9-25-10-17(24)21(2)3/h5,11,14H,6-10H2,1-4H3,(H,19,20)/t14-/m0/s1. The molecule has 136 valence electrons. The van der Waals surface area contributed by atoms with E-state index in [0.29, 0.717) is 6.61 Å². The molecule has 0 radical (unpaired) electrons. The molecular weight excluding hydrogens is 320 g/mol. The molecule has 0 fully saturated rings. The van der Waals surface area contributed by atoms with Crippen molar-refractivity contribution in [1.29, 1.82) is 0 Å². The number of hydrogen-bond acceptors (Lipinski definition) is 5. The maximum Gasteiger partial charge on any atom is 0.248 e. The number of imidazole rings is 1. The highest BCUT2D eigenvalue weighted by molar-refractivity contribution is 5.76. The number of nitrogens with zero attached hydrogens (tertiary/aromatic N) is 5. The van der Waals surface area contributed by atoms with Gasteiger partial charge in [-0.3, -0.25) is 14.8 Å². The zero-order valence-corrected chi connectivity index (χ0v) is 15.3. The predicted molar refractivity (Wildman–Crippen MR) is 92.8 cm³/mol. The van der Waals surface area contributed by atoms with Gasteiger partial charge in [0.05, 0.1) is 24.3 Å². The molecule has 8 nitrogen and oxygen atoms in total. The van der Waals surface area contributed by atoms with Crippen molar-refractivity contribution in [3.8, 4) is 0 Å². The number of hydrogen-bond donors (Lipinski definition) is 1. The van der Waals surface area contributed by atoms with Crippen LogP contribution in [0.2, 0.25) is 0 Å². The van der Waals surface area contributed by atoms with Crippen molar-refractivity contribution in [2.24, 2.45) is 7.05 Å². The van der Waals surface area contributed by atoms with Crippen LogP contribution in [0.15, 0.2) is 12.4 Å². The van der Waals surface area contributed by atoms with Crippen molar-refractivity contribution < 1.29 is 9.53 Å². The number of H-pyrrole nitrogens is 1. The van der Waals surface area contributed by atoms with Gasteiger partial charge in [-0.15, -0.1) is 0 Å². The Balaban J connectivity index is 1.69. The molecule has 0 aliphatic carbocycles. The SMILES string of the molecule is Cc1cc(CN2Cc3ncn(C)c3C[C@H]2COCC(=O)N(C)C)n[nH]1. The van der Waals surface area contributed by atoms with Gasteiger partial charge in [0.1, 0.15) is 6.61 Å². The van der Waals surface area contributed by atoms with Crippen LogP contribution in [0.3, 0.4) is 0 Å². The minimum absolute atomic E-state index is 0.0218. The Kier molecular flexibility index (Phi) is 5.19. The summed E-state index contributed by atoms with van der Waals surface area (Å²) in [5.74, 6) is -0.0218. The van der Waals surface area contributed by atoms with E-state index in [9.17, 15) is 4.79 Å². The molecule has 0 spiro atoms. The highest BCUT2D eigenvalue weighted by Crippen LogP contribution is 2.24. The number of likely N-dealkylation sites (N-methyl/N-ethyl adjacent to an activating group) is 1. The van der Waals surface area contributed by atoms with Crippen LogP contribution in [0, 0.1) is 6.92 Å². The van der Waals surface area contributed by atoms with E-state index in [4.69, 9.17) is 4.74 Å². The number of rotatable bonds is 6. The molecule has 25 heavy (non-hydrogen) atoms.